The molecule has 0 radical (unpaired) electrons. The van der Waals surface area contributed by atoms with E-state index in [-0.39, 0.29) is 55.4 Å². The summed E-state index contributed by atoms with van der Waals surface area (Å²) in [7, 11) is 0. The summed E-state index contributed by atoms with van der Waals surface area (Å²) < 4.78 is 57.9. The first-order valence-electron chi connectivity index (χ1n) is 11.1. The first-order chi connectivity index (χ1) is 16.6. The minimum atomic E-state index is -4.66. The van der Waals surface area contributed by atoms with Gasteiger partial charge in [-0.1, -0.05) is 11.6 Å². The number of nitrogens with one attached hydrogen (secondary N) is 1. The number of carbonyl (C=O) groups excluding carboxylic acids is 2. The van der Waals surface area contributed by atoms with Gasteiger partial charge in [-0.2, -0.15) is 0 Å². The Balaban J connectivity index is 1.09. The van der Waals surface area contributed by atoms with E-state index in [2.05, 4.69) is 20.3 Å². The van der Waals surface area contributed by atoms with Crippen LogP contribution in [0.4, 0.5) is 13.2 Å². The summed E-state index contributed by atoms with van der Waals surface area (Å²) >= 11 is 5.92. The molecule has 5 rings (SSSR count). The maximum absolute atomic E-state index is 12.7. The molecule has 3 heterocycles. The van der Waals surface area contributed by atoms with Gasteiger partial charge in [0.05, 0.1) is 30.7 Å². The van der Waals surface area contributed by atoms with Crippen LogP contribution < -0.4 is 10.1 Å². The lowest BCUT2D eigenvalue weighted by molar-refractivity contribution is -0.352. The Morgan fingerprint density at radius 2 is 1.94 bits per heavy atom. The summed E-state index contributed by atoms with van der Waals surface area (Å²) in [6.45, 7) is 0.186. The summed E-state index contributed by atoms with van der Waals surface area (Å²) in [5, 5.41) is 11.2. The standard InChI is InChI=1S/C22H21ClF3N3O6/c23-11-1-3-16-14(7-11)15(30)8-18(33-16)19(31)27-12-2-4-17(32-9-12)21-29-28-20(34-21)10-5-13(6-10)35-22(24,25)26/h1,3,7,10,12-13,17-18H,2,4-6,8-9H2,(H,27,31). The van der Waals surface area contributed by atoms with Crippen LogP contribution in [0.1, 0.15) is 66.3 Å². The van der Waals surface area contributed by atoms with Gasteiger partial charge in [-0.05, 0) is 43.9 Å². The molecule has 13 heteroatoms. The van der Waals surface area contributed by atoms with E-state index in [0.29, 0.717) is 29.2 Å². The van der Waals surface area contributed by atoms with Crippen molar-refractivity contribution in [3.05, 3.63) is 40.6 Å². The number of ether oxygens (including phenoxy) is 3. The van der Waals surface area contributed by atoms with E-state index in [4.69, 9.17) is 25.5 Å². The zero-order valence-electron chi connectivity index (χ0n) is 18.2. The second-order valence-corrected chi connectivity index (χ2v) is 9.25. The molecule has 1 amide bonds. The predicted octanol–water partition coefficient (Wildman–Crippen LogP) is 3.88. The number of halogens is 4. The zero-order valence-corrected chi connectivity index (χ0v) is 19.0. The lowest BCUT2D eigenvalue weighted by Crippen LogP contribution is -2.48. The molecule has 1 N–H and O–H groups in total. The van der Waals surface area contributed by atoms with Crippen LogP contribution in [0.3, 0.4) is 0 Å². The van der Waals surface area contributed by atoms with Crippen molar-refractivity contribution in [2.24, 2.45) is 0 Å². The minimum absolute atomic E-state index is 0.0871. The summed E-state index contributed by atoms with van der Waals surface area (Å²) in [6, 6.07) is 4.38. The quantitative estimate of drug-likeness (QED) is 0.638. The van der Waals surface area contributed by atoms with Crippen molar-refractivity contribution in [3.8, 4) is 5.75 Å². The van der Waals surface area contributed by atoms with E-state index in [1.807, 2.05) is 0 Å². The Morgan fingerprint density at radius 1 is 1.17 bits per heavy atom. The van der Waals surface area contributed by atoms with E-state index in [1.165, 1.54) is 6.07 Å². The normalized spacial score (nSPS) is 28.6. The Kier molecular flexibility index (Phi) is 6.45. The fourth-order valence-electron chi connectivity index (χ4n) is 4.39. The highest BCUT2D eigenvalue weighted by atomic mass is 35.5. The second-order valence-electron chi connectivity index (χ2n) is 8.81. The van der Waals surface area contributed by atoms with Gasteiger partial charge < -0.3 is 19.2 Å². The number of benzene rings is 1. The average molecular weight is 516 g/mol. The van der Waals surface area contributed by atoms with E-state index in [1.54, 1.807) is 12.1 Å². The number of Topliss-reactive ketones (excluding diaryl/α,β-unsaturated/α-hetero) is 1. The lowest BCUT2D eigenvalue weighted by atomic mass is 9.82. The van der Waals surface area contributed by atoms with Gasteiger partial charge in [0.2, 0.25) is 11.8 Å². The number of alkyl halides is 3. The molecule has 35 heavy (non-hydrogen) atoms. The van der Waals surface area contributed by atoms with Crippen LogP contribution in [-0.4, -0.2) is 53.1 Å². The van der Waals surface area contributed by atoms with Gasteiger partial charge in [0, 0.05) is 10.9 Å². The number of nitrogens with zero attached hydrogens (tertiary/aromatic N) is 2. The van der Waals surface area contributed by atoms with Gasteiger partial charge in [0.25, 0.3) is 5.91 Å². The molecule has 1 aromatic heterocycles. The SMILES string of the molecule is O=C1CC(C(=O)NC2CCC(c3nnc(C4CC(OC(F)(F)F)C4)o3)OC2)Oc2ccc(Cl)cc21. The summed E-state index contributed by atoms with van der Waals surface area (Å²) in [6.07, 6.45) is -5.70. The lowest BCUT2D eigenvalue weighted by Gasteiger charge is -2.33. The molecule has 1 saturated heterocycles. The van der Waals surface area contributed by atoms with Crippen molar-refractivity contribution in [2.45, 2.75) is 68.7 Å². The highest BCUT2D eigenvalue weighted by Crippen LogP contribution is 2.41. The molecular weight excluding hydrogens is 495 g/mol. The molecule has 2 fully saturated rings. The van der Waals surface area contributed by atoms with E-state index < -0.39 is 30.6 Å². The van der Waals surface area contributed by atoms with Crippen LogP contribution in [0.25, 0.3) is 0 Å². The number of hydrogen-bond acceptors (Lipinski definition) is 8. The highest BCUT2D eigenvalue weighted by molar-refractivity contribution is 6.31. The van der Waals surface area contributed by atoms with Gasteiger partial charge in [-0.3, -0.25) is 14.3 Å². The molecular formula is C22H21ClF3N3O6. The van der Waals surface area contributed by atoms with E-state index >= 15 is 0 Å². The van der Waals surface area contributed by atoms with Crippen molar-refractivity contribution < 1.29 is 41.4 Å². The van der Waals surface area contributed by atoms with Crippen LogP contribution >= 0.6 is 11.6 Å². The van der Waals surface area contributed by atoms with Crippen LogP contribution in [-0.2, 0) is 14.3 Å². The molecule has 1 saturated carbocycles. The topological polar surface area (TPSA) is 113 Å². The Bertz CT molecular complexity index is 1110. The molecule has 2 aromatic rings. The molecule has 0 bridgehead atoms. The maximum Gasteiger partial charge on any atom is 0.522 e. The van der Waals surface area contributed by atoms with Crippen LogP contribution in [0.15, 0.2) is 22.6 Å². The third-order valence-electron chi connectivity index (χ3n) is 6.27. The van der Waals surface area contributed by atoms with Crippen molar-refractivity contribution in [1.82, 2.24) is 15.5 Å². The van der Waals surface area contributed by atoms with E-state index in [9.17, 15) is 22.8 Å². The Morgan fingerprint density at radius 3 is 2.66 bits per heavy atom. The maximum atomic E-state index is 12.7. The largest absolute Gasteiger partial charge is 0.522 e. The zero-order chi connectivity index (χ0) is 24.7. The van der Waals surface area contributed by atoms with Gasteiger partial charge in [-0.25, -0.2) is 0 Å². The van der Waals surface area contributed by atoms with Crippen LogP contribution in [0.5, 0.6) is 5.75 Å². The van der Waals surface area contributed by atoms with Crippen molar-refractivity contribution in [3.63, 3.8) is 0 Å². The van der Waals surface area contributed by atoms with Crippen molar-refractivity contribution >= 4 is 23.3 Å². The highest BCUT2D eigenvalue weighted by Gasteiger charge is 2.43. The molecule has 9 nitrogen and oxygen atoms in total. The summed E-state index contributed by atoms with van der Waals surface area (Å²) in [5.41, 5.74) is 0.356. The smallest absolute Gasteiger partial charge is 0.479 e. The first kappa shape index (κ1) is 24.0. The first-order valence-corrected chi connectivity index (χ1v) is 11.5. The molecule has 1 aromatic carbocycles. The predicted molar refractivity (Wildman–Crippen MR) is 112 cm³/mol. The molecule has 0 spiro atoms. The number of fused-ring (bicyclic) bond motifs is 1. The summed E-state index contributed by atoms with van der Waals surface area (Å²) in [4.78, 5) is 25.1. The fraction of sp³-hybridized carbons (Fsp3) is 0.545. The summed E-state index contributed by atoms with van der Waals surface area (Å²) in [5.74, 6) is -0.0713. The van der Waals surface area contributed by atoms with Crippen molar-refractivity contribution in [2.75, 3.05) is 6.61 Å². The minimum Gasteiger partial charge on any atom is -0.479 e. The van der Waals surface area contributed by atoms with Crippen molar-refractivity contribution in [1.29, 1.82) is 0 Å². The third kappa shape index (κ3) is 5.44. The van der Waals surface area contributed by atoms with Gasteiger partial charge in [-0.15, -0.1) is 23.4 Å². The number of aromatic nitrogens is 2. The second kappa shape index (κ2) is 9.40. The number of ketones is 1. The van der Waals surface area contributed by atoms with Gasteiger partial charge >= 0.3 is 6.36 Å². The fourth-order valence-corrected chi connectivity index (χ4v) is 4.56. The number of hydrogen-bond donors (Lipinski definition) is 1. The van der Waals surface area contributed by atoms with E-state index in [0.717, 1.165) is 0 Å². The molecule has 188 valence electrons. The number of amides is 1. The van der Waals surface area contributed by atoms with Crippen LogP contribution in [0.2, 0.25) is 5.02 Å². The Hall–Kier alpha value is -2.70. The monoisotopic (exact) mass is 515 g/mol. The molecule has 2 aliphatic heterocycles. The molecule has 3 aliphatic rings. The van der Waals surface area contributed by atoms with Crippen LogP contribution in [0, 0.1) is 0 Å². The number of carbonyl (C=O) groups is 2. The molecule has 3 unspecified atom stereocenters. The molecule has 3 atom stereocenters. The molecule has 1 aliphatic carbocycles. The average Bonchev–Trinajstić information content (AvgIpc) is 3.26. The third-order valence-corrected chi connectivity index (χ3v) is 6.51. The Labute approximate surface area is 202 Å². The van der Waals surface area contributed by atoms with Gasteiger partial charge in [0.15, 0.2) is 11.9 Å². The van der Waals surface area contributed by atoms with Gasteiger partial charge in [0.1, 0.15) is 11.9 Å². The number of rotatable bonds is 5.